The first kappa shape index (κ1) is 17.9. The van der Waals surface area contributed by atoms with Gasteiger partial charge in [0.25, 0.3) is 0 Å². The second-order valence-electron chi connectivity index (χ2n) is 4.53. The molecule has 0 fully saturated rings. The molecule has 1 N–H and O–H groups in total. The van der Waals surface area contributed by atoms with Crippen molar-refractivity contribution in [2.24, 2.45) is 0 Å². The van der Waals surface area contributed by atoms with Crippen LogP contribution in [0, 0.1) is 6.92 Å². The fourth-order valence-corrected chi connectivity index (χ4v) is 4.05. The molecule has 0 unspecified atom stereocenters. The average Bonchev–Trinajstić information content (AvgIpc) is 2.40. The lowest BCUT2D eigenvalue weighted by Gasteiger charge is -2.20. The molecular weight excluding hydrogens is 358 g/mol. The van der Waals surface area contributed by atoms with Crippen LogP contribution in [0.25, 0.3) is 0 Å². The lowest BCUT2D eigenvalue weighted by Crippen LogP contribution is -2.32. The fourth-order valence-electron chi connectivity index (χ4n) is 1.88. The molecule has 0 aliphatic rings. The molecule has 0 amide bonds. The summed E-state index contributed by atoms with van der Waals surface area (Å²) in [6.07, 6.45) is 2.17. The molecule has 5 nitrogen and oxygen atoms in total. The largest absolute Gasteiger partial charge is 0.478 e. The van der Waals surface area contributed by atoms with E-state index in [0.717, 1.165) is 0 Å². The Labute approximate surface area is 133 Å². The number of hydrogen-bond acceptors (Lipinski definition) is 3. The van der Waals surface area contributed by atoms with Gasteiger partial charge in [-0.25, -0.2) is 13.2 Å². The van der Waals surface area contributed by atoms with Crippen molar-refractivity contribution in [3.63, 3.8) is 0 Å². The Morgan fingerprint density at radius 2 is 2.10 bits per heavy atom. The number of nitrogens with zero attached hydrogens (tertiary/aromatic N) is 1. The van der Waals surface area contributed by atoms with Crippen LogP contribution in [0.3, 0.4) is 0 Å². The van der Waals surface area contributed by atoms with Gasteiger partial charge in [-0.3, -0.25) is 0 Å². The number of benzene rings is 1. The Hall–Kier alpha value is -1.18. The molecule has 0 aromatic heterocycles. The van der Waals surface area contributed by atoms with Crippen molar-refractivity contribution in [3.8, 4) is 0 Å². The first-order chi connectivity index (χ1) is 9.75. The summed E-state index contributed by atoms with van der Waals surface area (Å²) in [7, 11) is -3.75. The molecule has 1 aromatic carbocycles. The molecule has 0 saturated carbocycles. The maximum atomic E-state index is 12.6. The van der Waals surface area contributed by atoms with Crippen LogP contribution in [0.4, 0.5) is 0 Å². The third-order valence-electron chi connectivity index (χ3n) is 2.99. The van der Waals surface area contributed by atoms with Gasteiger partial charge in [-0.1, -0.05) is 28.9 Å². The minimum atomic E-state index is -3.75. The zero-order valence-electron chi connectivity index (χ0n) is 12.0. The molecule has 0 bridgehead atoms. The van der Waals surface area contributed by atoms with E-state index in [1.54, 1.807) is 6.92 Å². The highest BCUT2D eigenvalue weighted by atomic mass is 79.9. The van der Waals surface area contributed by atoms with E-state index in [1.807, 2.05) is 6.92 Å². The van der Waals surface area contributed by atoms with Crippen LogP contribution < -0.4 is 0 Å². The van der Waals surface area contributed by atoms with Gasteiger partial charge >= 0.3 is 5.97 Å². The molecule has 1 rings (SSSR count). The molecule has 7 heteroatoms. The van der Waals surface area contributed by atoms with Gasteiger partial charge in [0, 0.05) is 17.6 Å². The van der Waals surface area contributed by atoms with Crippen molar-refractivity contribution in [1.82, 2.24) is 4.31 Å². The zero-order chi connectivity index (χ0) is 16.2. The SMILES string of the molecule is C=CCN(CCC)S(=O)(=O)c1cc(Br)c(C)c(C(=O)O)c1. The van der Waals surface area contributed by atoms with Gasteiger partial charge in [0.2, 0.25) is 10.0 Å². The molecule has 0 radical (unpaired) electrons. The summed E-state index contributed by atoms with van der Waals surface area (Å²) in [5.41, 5.74) is 0.463. The van der Waals surface area contributed by atoms with E-state index >= 15 is 0 Å². The van der Waals surface area contributed by atoms with Crippen molar-refractivity contribution in [2.45, 2.75) is 25.2 Å². The zero-order valence-corrected chi connectivity index (χ0v) is 14.4. The van der Waals surface area contributed by atoms with Crippen LogP contribution in [0.15, 0.2) is 34.2 Å². The lowest BCUT2D eigenvalue weighted by atomic mass is 10.1. The Morgan fingerprint density at radius 1 is 1.48 bits per heavy atom. The van der Waals surface area contributed by atoms with Gasteiger partial charge in [-0.2, -0.15) is 4.31 Å². The highest BCUT2D eigenvalue weighted by molar-refractivity contribution is 9.10. The lowest BCUT2D eigenvalue weighted by molar-refractivity contribution is 0.0695. The van der Waals surface area contributed by atoms with E-state index in [4.69, 9.17) is 0 Å². The molecule has 0 saturated heterocycles. The first-order valence-corrected chi connectivity index (χ1v) is 8.63. The van der Waals surface area contributed by atoms with E-state index in [9.17, 15) is 18.3 Å². The van der Waals surface area contributed by atoms with Gasteiger partial charge in [0.15, 0.2) is 0 Å². The quantitative estimate of drug-likeness (QED) is 0.743. The topological polar surface area (TPSA) is 74.7 Å². The maximum absolute atomic E-state index is 12.6. The van der Waals surface area contributed by atoms with E-state index in [0.29, 0.717) is 23.0 Å². The van der Waals surface area contributed by atoms with Gasteiger partial charge in [-0.05, 0) is 31.0 Å². The Balaban J connectivity index is 3.43. The highest BCUT2D eigenvalue weighted by Crippen LogP contribution is 2.27. The van der Waals surface area contributed by atoms with Crippen LogP contribution in [0.5, 0.6) is 0 Å². The third kappa shape index (κ3) is 3.93. The minimum Gasteiger partial charge on any atom is -0.478 e. The van der Waals surface area contributed by atoms with Crippen LogP contribution in [-0.2, 0) is 10.0 Å². The number of hydrogen-bond donors (Lipinski definition) is 1. The average molecular weight is 376 g/mol. The van der Waals surface area contributed by atoms with Crippen molar-refractivity contribution in [1.29, 1.82) is 0 Å². The molecule has 0 spiro atoms. The number of sulfonamides is 1. The minimum absolute atomic E-state index is 0.0296. The van der Waals surface area contributed by atoms with Crippen molar-refractivity contribution < 1.29 is 18.3 Å². The van der Waals surface area contributed by atoms with E-state index in [1.165, 1.54) is 22.5 Å². The van der Waals surface area contributed by atoms with Crippen LogP contribution >= 0.6 is 15.9 Å². The molecule has 0 heterocycles. The maximum Gasteiger partial charge on any atom is 0.336 e. The molecule has 0 aliphatic heterocycles. The number of halogens is 1. The van der Waals surface area contributed by atoms with Crippen molar-refractivity contribution in [3.05, 3.63) is 40.4 Å². The van der Waals surface area contributed by atoms with Gasteiger partial charge in [-0.15, -0.1) is 6.58 Å². The van der Waals surface area contributed by atoms with E-state index in [2.05, 4.69) is 22.5 Å². The van der Waals surface area contributed by atoms with Gasteiger partial charge in [0.05, 0.1) is 10.5 Å². The third-order valence-corrected chi connectivity index (χ3v) is 5.66. The molecular formula is C14H18BrNO4S. The Morgan fingerprint density at radius 3 is 2.57 bits per heavy atom. The number of rotatable bonds is 7. The van der Waals surface area contributed by atoms with Crippen molar-refractivity contribution >= 4 is 31.9 Å². The standard InChI is InChI=1S/C14H18BrNO4S/c1-4-6-16(7-5-2)21(19,20)11-8-12(14(17)18)10(3)13(15)9-11/h4,8-9H,1,5-7H2,2-3H3,(H,17,18). The summed E-state index contributed by atoms with van der Waals surface area (Å²) in [6.45, 7) is 7.59. The van der Waals surface area contributed by atoms with Gasteiger partial charge in [0.1, 0.15) is 0 Å². The monoisotopic (exact) mass is 375 g/mol. The predicted octanol–water partition coefficient (Wildman–Crippen LogP) is 3.04. The summed E-state index contributed by atoms with van der Waals surface area (Å²) in [5, 5.41) is 9.18. The van der Waals surface area contributed by atoms with Crippen LogP contribution in [0.1, 0.15) is 29.3 Å². The van der Waals surface area contributed by atoms with Crippen LogP contribution in [0.2, 0.25) is 0 Å². The Bertz CT molecular complexity index is 655. The first-order valence-electron chi connectivity index (χ1n) is 6.40. The molecule has 21 heavy (non-hydrogen) atoms. The second kappa shape index (κ2) is 7.20. The van der Waals surface area contributed by atoms with E-state index in [-0.39, 0.29) is 17.0 Å². The molecule has 116 valence electrons. The van der Waals surface area contributed by atoms with Crippen LogP contribution in [-0.4, -0.2) is 36.9 Å². The number of carbonyl (C=O) groups is 1. The molecule has 0 atom stereocenters. The van der Waals surface area contributed by atoms with E-state index < -0.39 is 16.0 Å². The summed E-state index contributed by atoms with van der Waals surface area (Å²) in [6, 6.07) is 2.63. The summed E-state index contributed by atoms with van der Waals surface area (Å²) >= 11 is 3.22. The molecule has 1 aromatic rings. The fraction of sp³-hybridized carbons (Fsp3) is 0.357. The smallest absolute Gasteiger partial charge is 0.336 e. The normalized spacial score (nSPS) is 11.6. The second-order valence-corrected chi connectivity index (χ2v) is 7.33. The van der Waals surface area contributed by atoms with Crippen molar-refractivity contribution in [2.75, 3.05) is 13.1 Å². The summed E-state index contributed by atoms with van der Waals surface area (Å²) in [5.74, 6) is -1.16. The summed E-state index contributed by atoms with van der Waals surface area (Å²) < 4.78 is 27.0. The van der Waals surface area contributed by atoms with Gasteiger partial charge < -0.3 is 5.11 Å². The number of carboxylic acid groups (broad SMARTS) is 1. The Kier molecular flexibility index (Phi) is 6.12. The summed E-state index contributed by atoms with van der Waals surface area (Å²) in [4.78, 5) is 11.2. The number of carboxylic acids is 1. The number of aromatic carboxylic acids is 1. The molecule has 0 aliphatic carbocycles. The highest BCUT2D eigenvalue weighted by Gasteiger charge is 2.25. The predicted molar refractivity (Wildman–Crippen MR) is 85.1 cm³/mol.